The number of rotatable bonds is 8. The van der Waals surface area contributed by atoms with Crippen LogP contribution in [0.4, 0.5) is 0 Å². The van der Waals surface area contributed by atoms with E-state index in [9.17, 15) is 9.59 Å². The van der Waals surface area contributed by atoms with Gasteiger partial charge in [-0.1, -0.05) is 23.7 Å². The molecule has 0 aliphatic heterocycles. The van der Waals surface area contributed by atoms with Gasteiger partial charge in [-0.05, 0) is 60.2 Å². The van der Waals surface area contributed by atoms with Crippen LogP contribution in [0.25, 0.3) is 6.08 Å². The maximum atomic E-state index is 11.8. The Morgan fingerprint density at radius 2 is 1.87 bits per heavy atom. The van der Waals surface area contributed by atoms with Gasteiger partial charge in [0, 0.05) is 6.08 Å². The van der Waals surface area contributed by atoms with Crippen LogP contribution < -0.4 is 14.9 Å². The first-order valence-corrected chi connectivity index (χ1v) is 9.20. The average Bonchev–Trinajstić information content (AvgIpc) is 3.27. The van der Waals surface area contributed by atoms with Gasteiger partial charge >= 0.3 is 5.97 Å². The predicted molar refractivity (Wildman–Crippen MR) is 113 cm³/mol. The van der Waals surface area contributed by atoms with E-state index in [1.54, 1.807) is 60.7 Å². The number of amides is 1. The number of nitrogens with one attached hydrogen (secondary N) is 1. The van der Waals surface area contributed by atoms with E-state index in [1.807, 2.05) is 0 Å². The number of para-hydroxylation sites is 1. The zero-order chi connectivity index (χ0) is 21.2. The van der Waals surface area contributed by atoms with Crippen molar-refractivity contribution in [2.45, 2.75) is 0 Å². The van der Waals surface area contributed by atoms with E-state index in [0.29, 0.717) is 27.8 Å². The van der Waals surface area contributed by atoms with Crippen LogP contribution in [-0.2, 0) is 9.59 Å². The van der Waals surface area contributed by atoms with Crippen molar-refractivity contribution in [2.75, 3.05) is 6.61 Å². The molecule has 3 aromatic rings. The molecule has 0 aliphatic carbocycles. The van der Waals surface area contributed by atoms with Gasteiger partial charge in [-0.2, -0.15) is 5.10 Å². The largest absolute Gasteiger partial charge is 0.482 e. The second-order valence-corrected chi connectivity index (χ2v) is 6.26. The monoisotopic (exact) mass is 424 g/mol. The van der Waals surface area contributed by atoms with Crippen molar-refractivity contribution in [3.05, 3.63) is 89.3 Å². The Labute approximate surface area is 177 Å². The normalized spacial score (nSPS) is 11.0. The lowest BCUT2D eigenvalue weighted by Crippen LogP contribution is -2.24. The Kier molecular flexibility index (Phi) is 7.40. The third-order valence-corrected chi connectivity index (χ3v) is 3.94. The third-order valence-electron chi connectivity index (χ3n) is 3.62. The minimum atomic E-state index is -0.529. The Balaban J connectivity index is 1.43. The highest BCUT2D eigenvalue weighted by atomic mass is 35.5. The van der Waals surface area contributed by atoms with Gasteiger partial charge in [0.2, 0.25) is 0 Å². The number of esters is 1. The number of halogens is 1. The van der Waals surface area contributed by atoms with Crippen molar-refractivity contribution < 1.29 is 23.5 Å². The van der Waals surface area contributed by atoms with Crippen molar-refractivity contribution in [1.82, 2.24) is 5.43 Å². The number of hydrazone groups is 1. The van der Waals surface area contributed by atoms with Crippen LogP contribution in [0.3, 0.4) is 0 Å². The van der Waals surface area contributed by atoms with Crippen LogP contribution in [0.1, 0.15) is 11.3 Å². The fourth-order valence-corrected chi connectivity index (χ4v) is 2.41. The van der Waals surface area contributed by atoms with Crippen LogP contribution in [0, 0.1) is 0 Å². The van der Waals surface area contributed by atoms with Crippen LogP contribution >= 0.6 is 11.6 Å². The van der Waals surface area contributed by atoms with Gasteiger partial charge in [-0.25, -0.2) is 10.2 Å². The molecule has 30 heavy (non-hydrogen) atoms. The van der Waals surface area contributed by atoms with E-state index in [1.165, 1.54) is 24.6 Å². The summed E-state index contributed by atoms with van der Waals surface area (Å²) in [5, 5.41) is 4.28. The van der Waals surface area contributed by atoms with E-state index in [0.717, 1.165) is 0 Å². The van der Waals surface area contributed by atoms with E-state index in [4.69, 9.17) is 25.5 Å². The van der Waals surface area contributed by atoms with Gasteiger partial charge in [0.25, 0.3) is 5.91 Å². The maximum Gasteiger partial charge on any atom is 0.336 e. The summed E-state index contributed by atoms with van der Waals surface area (Å²) in [6.45, 7) is -0.221. The molecule has 0 unspecified atom stereocenters. The molecule has 0 saturated heterocycles. The van der Waals surface area contributed by atoms with Crippen molar-refractivity contribution in [2.24, 2.45) is 5.10 Å². The summed E-state index contributed by atoms with van der Waals surface area (Å²) in [6.07, 6.45) is 5.76. The Morgan fingerprint density at radius 1 is 1.07 bits per heavy atom. The molecule has 1 N–H and O–H groups in total. The van der Waals surface area contributed by atoms with Gasteiger partial charge in [0.15, 0.2) is 6.61 Å². The van der Waals surface area contributed by atoms with E-state index in [-0.39, 0.29) is 6.61 Å². The predicted octanol–water partition coefficient (Wildman–Crippen LogP) is 4.08. The number of hydrogen-bond acceptors (Lipinski definition) is 6. The highest BCUT2D eigenvalue weighted by Crippen LogP contribution is 2.22. The highest BCUT2D eigenvalue weighted by molar-refractivity contribution is 6.32. The number of ether oxygens (including phenoxy) is 2. The molecule has 3 rings (SSSR count). The first-order valence-electron chi connectivity index (χ1n) is 8.83. The van der Waals surface area contributed by atoms with E-state index < -0.39 is 11.9 Å². The number of benzene rings is 2. The lowest BCUT2D eigenvalue weighted by atomic mass is 10.2. The second-order valence-electron chi connectivity index (χ2n) is 5.85. The van der Waals surface area contributed by atoms with Crippen LogP contribution in [0.15, 0.2) is 82.5 Å². The smallest absolute Gasteiger partial charge is 0.336 e. The number of nitrogens with zero attached hydrogens (tertiary/aromatic N) is 1. The van der Waals surface area contributed by atoms with Crippen molar-refractivity contribution >= 4 is 35.8 Å². The molecule has 1 aromatic heterocycles. The quantitative estimate of drug-likeness (QED) is 0.193. The number of furan rings is 1. The van der Waals surface area contributed by atoms with Gasteiger partial charge in [-0.3, -0.25) is 4.79 Å². The van der Waals surface area contributed by atoms with Crippen molar-refractivity contribution in [1.29, 1.82) is 0 Å². The minimum absolute atomic E-state index is 0.221. The molecule has 1 heterocycles. The number of carbonyl (C=O) groups is 2. The van der Waals surface area contributed by atoms with Gasteiger partial charge in [0.05, 0.1) is 17.5 Å². The standard InChI is InChI=1S/C22H17ClN2O5/c23-19-5-1-2-6-20(19)29-15-21(26)25-24-14-16-7-9-18(10-8-16)30-22(27)12-11-17-4-3-13-28-17/h1-14H,15H2,(H,25,26)/b12-11+,24-14-. The SMILES string of the molecule is O=C(COc1ccccc1Cl)N/N=C\c1ccc(OC(=O)/C=C/c2ccco2)cc1. The molecule has 0 fully saturated rings. The number of carbonyl (C=O) groups excluding carboxylic acids is 2. The van der Waals surface area contributed by atoms with Crippen LogP contribution in [0.2, 0.25) is 5.02 Å². The average molecular weight is 425 g/mol. The second kappa shape index (κ2) is 10.6. The molecular weight excluding hydrogens is 408 g/mol. The van der Waals surface area contributed by atoms with Gasteiger partial charge in [0.1, 0.15) is 17.3 Å². The van der Waals surface area contributed by atoms with E-state index >= 15 is 0 Å². The lowest BCUT2D eigenvalue weighted by molar-refractivity contribution is -0.129. The van der Waals surface area contributed by atoms with Crippen molar-refractivity contribution in [3.8, 4) is 11.5 Å². The summed E-state index contributed by atoms with van der Waals surface area (Å²) in [4.78, 5) is 23.6. The summed E-state index contributed by atoms with van der Waals surface area (Å²) >= 11 is 5.95. The molecule has 7 nitrogen and oxygen atoms in total. The molecule has 8 heteroatoms. The van der Waals surface area contributed by atoms with Gasteiger partial charge in [-0.15, -0.1) is 0 Å². The molecule has 0 aliphatic rings. The molecule has 0 radical (unpaired) electrons. The Hall–Kier alpha value is -3.84. The van der Waals surface area contributed by atoms with Crippen LogP contribution in [-0.4, -0.2) is 24.7 Å². The molecule has 0 spiro atoms. The zero-order valence-electron chi connectivity index (χ0n) is 15.7. The van der Waals surface area contributed by atoms with Gasteiger partial charge < -0.3 is 13.9 Å². The fourth-order valence-electron chi connectivity index (χ4n) is 2.22. The topological polar surface area (TPSA) is 90.1 Å². The first-order chi connectivity index (χ1) is 14.6. The summed E-state index contributed by atoms with van der Waals surface area (Å²) in [5.74, 6) is 0.386. The molecule has 152 valence electrons. The zero-order valence-corrected chi connectivity index (χ0v) is 16.4. The molecule has 0 bridgehead atoms. The highest BCUT2D eigenvalue weighted by Gasteiger charge is 2.04. The Morgan fingerprint density at radius 3 is 2.60 bits per heavy atom. The molecule has 2 aromatic carbocycles. The maximum absolute atomic E-state index is 11.8. The molecule has 0 atom stereocenters. The first kappa shape index (κ1) is 20.9. The Bertz CT molecular complexity index is 1040. The summed E-state index contributed by atoms with van der Waals surface area (Å²) in [6, 6.07) is 16.9. The molecule has 1 amide bonds. The summed E-state index contributed by atoms with van der Waals surface area (Å²) < 4.78 is 15.6. The van der Waals surface area contributed by atoms with Crippen LogP contribution in [0.5, 0.6) is 11.5 Å². The fraction of sp³-hybridized carbons (Fsp3) is 0.0455. The van der Waals surface area contributed by atoms with E-state index in [2.05, 4.69) is 10.5 Å². The minimum Gasteiger partial charge on any atom is -0.482 e. The lowest BCUT2D eigenvalue weighted by Gasteiger charge is -2.06. The molecule has 0 saturated carbocycles. The van der Waals surface area contributed by atoms with Crippen molar-refractivity contribution in [3.63, 3.8) is 0 Å². The molecular formula is C22H17ClN2O5. The number of hydrogen-bond donors (Lipinski definition) is 1. The summed E-state index contributed by atoms with van der Waals surface area (Å²) in [7, 11) is 0. The third kappa shape index (κ3) is 6.65. The summed E-state index contributed by atoms with van der Waals surface area (Å²) in [5.41, 5.74) is 3.06.